The molecule has 2 N–H and O–H groups in total. The monoisotopic (exact) mass is 786 g/mol. The van der Waals surface area contributed by atoms with Crippen LogP contribution in [0.15, 0.2) is 84.3 Å². The molecule has 16 heteroatoms. The summed E-state index contributed by atoms with van der Waals surface area (Å²) in [6.07, 6.45) is 8.19. The number of ether oxygens (including phenoxy) is 4. The summed E-state index contributed by atoms with van der Waals surface area (Å²) < 4.78 is 28.0. The van der Waals surface area contributed by atoms with E-state index in [-0.39, 0.29) is 36.1 Å². The number of hydrogen-bond acceptors (Lipinski definition) is 11. The highest BCUT2D eigenvalue weighted by molar-refractivity contribution is 14.1. The second-order valence-corrected chi connectivity index (χ2v) is 12.1. The van der Waals surface area contributed by atoms with Crippen molar-refractivity contribution in [3.8, 4) is 34.4 Å². The number of aliphatic carboxylic acids is 1. The molecule has 0 saturated carbocycles. The first kappa shape index (κ1) is 33.2. The van der Waals surface area contributed by atoms with E-state index < -0.39 is 18.6 Å². The van der Waals surface area contributed by atoms with Gasteiger partial charge in [-0.15, -0.1) is 5.10 Å². The van der Waals surface area contributed by atoms with E-state index in [4.69, 9.17) is 30.5 Å². The van der Waals surface area contributed by atoms with Crippen molar-refractivity contribution >= 4 is 40.4 Å². The molecule has 1 atom stereocenters. The maximum absolute atomic E-state index is 13.5. The second-order valence-electron chi connectivity index (χ2n) is 10.5. The highest BCUT2D eigenvalue weighted by atomic mass is 127. The Balaban J connectivity index is 1.25. The summed E-state index contributed by atoms with van der Waals surface area (Å²) in [5.74, 6) is 0.600. The fraction of sp³-hybridized carbons (Fsp3) is 0.219. The van der Waals surface area contributed by atoms with E-state index in [1.165, 1.54) is 7.68 Å². The molecule has 3 aromatic heterocycles. The molecule has 0 saturated heterocycles. The van der Waals surface area contributed by atoms with E-state index >= 15 is 0 Å². The Morgan fingerprint density at radius 2 is 1.81 bits per heavy atom. The third kappa shape index (κ3) is 7.54. The van der Waals surface area contributed by atoms with Gasteiger partial charge in [-0.1, -0.05) is 16.8 Å². The lowest BCUT2D eigenvalue weighted by Crippen LogP contribution is -2.37. The normalized spacial score (nSPS) is 12.9. The molecular weight excluding hydrogens is 759 g/mol. The molecule has 6 rings (SSSR count). The number of pyridine rings is 2. The van der Waals surface area contributed by atoms with Gasteiger partial charge < -0.3 is 29.2 Å². The van der Waals surface area contributed by atoms with Crippen LogP contribution in [-0.2, 0) is 24.6 Å². The quantitative estimate of drug-likeness (QED) is 0.131. The van der Waals surface area contributed by atoms with Gasteiger partial charge in [0.05, 0.1) is 47.2 Å². The zero-order valence-electron chi connectivity index (χ0n) is 25.1. The summed E-state index contributed by atoms with van der Waals surface area (Å²) in [6.45, 7) is 0.358. The van der Waals surface area contributed by atoms with Crippen LogP contribution >= 0.6 is 34.5 Å². The number of rotatable bonds is 13. The van der Waals surface area contributed by atoms with Gasteiger partial charge in [0.15, 0.2) is 11.5 Å². The zero-order chi connectivity index (χ0) is 33.6. The van der Waals surface area contributed by atoms with E-state index in [0.29, 0.717) is 53.0 Å². The lowest BCUT2D eigenvalue weighted by atomic mass is 10.1. The predicted molar refractivity (Wildman–Crippen MR) is 180 cm³/mol. The molecule has 4 heterocycles. The number of aliphatic hydroxyl groups excluding tert-OH is 1. The third-order valence-corrected chi connectivity index (χ3v) is 8.62. The standard InChI is InChI=1S/C32H28ClIN6O8/c33-25-11-22(16-39(34)26(17-41)32(43)44)28(47-18-20-10-24(15-35-14-20)40-7-5-36-37-40)13-29(25)48-19-21-2-1-6-38(31(21)42)23-3-4-27-30(12-23)46-9-8-45-27/h1-7,10-15,26,41H,8-9,16-19H2,(H,43,44)/t26-/m1/s1. The van der Waals surface area contributed by atoms with E-state index in [0.717, 1.165) is 5.56 Å². The van der Waals surface area contributed by atoms with Crippen molar-refractivity contribution in [3.05, 3.63) is 112 Å². The molecule has 14 nitrogen and oxygen atoms in total. The molecular formula is C32H28ClIN6O8. The van der Waals surface area contributed by atoms with Crippen LogP contribution in [-0.4, -0.2) is 69.7 Å². The van der Waals surface area contributed by atoms with E-state index in [2.05, 4.69) is 15.3 Å². The molecule has 1 aliphatic heterocycles. The number of carboxylic acids is 1. The summed E-state index contributed by atoms with van der Waals surface area (Å²) in [5.41, 5.74) is 2.64. The molecule has 0 amide bonds. The summed E-state index contributed by atoms with van der Waals surface area (Å²) in [6, 6.07) is 12.6. The topological polar surface area (TPSA) is 163 Å². The lowest BCUT2D eigenvalue weighted by molar-refractivity contribution is -0.142. The summed E-state index contributed by atoms with van der Waals surface area (Å²) in [4.78, 5) is 29.4. The van der Waals surface area contributed by atoms with Gasteiger partial charge in [-0.2, -0.15) is 0 Å². The number of aliphatic hydroxyl groups is 1. The molecule has 0 fully saturated rings. The average Bonchev–Trinajstić information content (AvgIpc) is 3.63. The van der Waals surface area contributed by atoms with Crippen LogP contribution < -0.4 is 24.5 Å². The van der Waals surface area contributed by atoms with Crippen LogP contribution in [0.1, 0.15) is 16.7 Å². The van der Waals surface area contributed by atoms with Crippen molar-refractivity contribution in [2.75, 3.05) is 19.8 Å². The largest absolute Gasteiger partial charge is 0.488 e. The number of benzene rings is 2. The molecule has 0 radical (unpaired) electrons. The zero-order valence-corrected chi connectivity index (χ0v) is 28.0. The third-order valence-electron chi connectivity index (χ3n) is 7.31. The first-order valence-electron chi connectivity index (χ1n) is 14.6. The summed E-state index contributed by atoms with van der Waals surface area (Å²) >= 11 is 8.50. The molecule has 0 unspecified atom stereocenters. The fourth-order valence-corrected chi connectivity index (χ4v) is 5.90. The van der Waals surface area contributed by atoms with Gasteiger partial charge in [0.2, 0.25) is 0 Å². The van der Waals surface area contributed by atoms with Gasteiger partial charge >= 0.3 is 5.97 Å². The lowest BCUT2D eigenvalue weighted by Gasteiger charge is -2.23. The number of aromatic nitrogens is 5. The maximum Gasteiger partial charge on any atom is 0.324 e. The number of nitrogens with zero attached hydrogens (tertiary/aromatic N) is 6. The van der Waals surface area contributed by atoms with Crippen LogP contribution in [0, 0.1) is 0 Å². The van der Waals surface area contributed by atoms with Gasteiger partial charge in [0.1, 0.15) is 44.0 Å². The Kier molecular flexibility index (Phi) is 10.4. The molecule has 248 valence electrons. The number of fused-ring (bicyclic) bond motifs is 1. The Labute approximate surface area is 292 Å². The second kappa shape index (κ2) is 15.0. The Morgan fingerprint density at radius 3 is 2.58 bits per heavy atom. The minimum Gasteiger partial charge on any atom is -0.488 e. The van der Waals surface area contributed by atoms with Gasteiger partial charge in [0.25, 0.3) is 5.56 Å². The predicted octanol–water partition coefficient (Wildman–Crippen LogP) is 3.99. The number of hydrogen-bond donors (Lipinski definition) is 2. The summed E-state index contributed by atoms with van der Waals surface area (Å²) in [5, 5.41) is 27.2. The molecule has 5 aromatic rings. The summed E-state index contributed by atoms with van der Waals surface area (Å²) in [7, 11) is 0. The van der Waals surface area contributed by atoms with Crippen molar-refractivity contribution in [2.24, 2.45) is 0 Å². The average molecular weight is 787 g/mol. The van der Waals surface area contributed by atoms with Crippen LogP contribution in [0.5, 0.6) is 23.0 Å². The minimum atomic E-state index is -1.18. The smallest absolute Gasteiger partial charge is 0.324 e. The molecule has 2 aromatic carbocycles. The van der Waals surface area contributed by atoms with Crippen molar-refractivity contribution in [1.29, 1.82) is 0 Å². The van der Waals surface area contributed by atoms with Crippen molar-refractivity contribution in [2.45, 2.75) is 25.8 Å². The fourth-order valence-electron chi connectivity index (χ4n) is 4.88. The molecule has 0 aliphatic carbocycles. The number of carbonyl (C=O) groups is 1. The van der Waals surface area contributed by atoms with Crippen LogP contribution in [0.3, 0.4) is 0 Å². The molecule has 48 heavy (non-hydrogen) atoms. The Bertz CT molecular complexity index is 1980. The van der Waals surface area contributed by atoms with E-state index in [1.54, 1.807) is 78.1 Å². The number of halogens is 2. The molecule has 0 bridgehead atoms. The first-order valence-corrected chi connectivity index (χ1v) is 15.9. The van der Waals surface area contributed by atoms with Crippen LogP contribution in [0.25, 0.3) is 11.4 Å². The van der Waals surface area contributed by atoms with Crippen molar-refractivity contribution in [1.82, 2.24) is 27.7 Å². The Hall–Kier alpha value is -4.71. The van der Waals surface area contributed by atoms with Crippen molar-refractivity contribution in [3.63, 3.8) is 0 Å². The maximum atomic E-state index is 13.5. The van der Waals surface area contributed by atoms with Gasteiger partial charge in [0, 0.05) is 65.1 Å². The minimum absolute atomic E-state index is 0.0730. The van der Waals surface area contributed by atoms with Crippen LogP contribution in [0.4, 0.5) is 0 Å². The number of carboxylic acid groups (broad SMARTS) is 1. The van der Waals surface area contributed by atoms with E-state index in [1.807, 2.05) is 28.9 Å². The SMILES string of the molecule is O=C(O)[C@@H](CO)N(I)Cc1cc(Cl)c(OCc2cccn(-c3ccc4c(c3)OCCO4)c2=O)cc1OCc1cncc(-n2ccnn2)c1. The van der Waals surface area contributed by atoms with Crippen molar-refractivity contribution < 1.29 is 34.0 Å². The highest BCUT2D eigenvalue weighted by Crippen LogP contribution is 2.36. The van der Waals surface area contributed by atoms with Gasteiger partial charge in [-0.05, 0) is 36.4 Å². The first-order chi connectivity index (χ1) is 23.3. The van der Waals surface area contributed by atoms with Gasteiger partial charge in [-0.25, -0.2) is 7.80 Å². The Morgan fingerprint density at radius 1 is 1.00 bits per heavy atom. The van der Waals surface area contributed by atoms with Gasteiger partial charge in [-0.3, -0.25) is 19.1 Å². The van der Waals surface area contributed by atoms with E-state index in [9.17, 15) is 19.8 Å². The molecule has 0 spiro atoms. The van der Waals surface area contributed by atoms with Crippen LogP contribution in [0.2, 0.25) is 5.02 Å². The molecule has 1 aliphatic rings. The highest BCUT2D eigenvalue weighted by Gasteiger charge is 2.25.